The number of halogens is 3. The molecule has 1 N–H and O–H groups in total. The summed E-state index contributed by atoms with van der Waals surface area (Å²) in [5, 5.41) is 2.69. The number of benzene rings is 1. The Morgan fingerprint density at radius 1 is 1.38 bits per heavy atom. The number of carbonyl (C=O) groups is 1. The fraction of sp³-hybridized carbons (Fsp3) is 0.286. The van der Waals surface area contributed by atoms with Crippen LogP contribution in [-0.2, 0) is 13.0 Å². The minimum atomic E-state index is -1.09. The minimum absolute atomic E-state index is 0.0630. The van der Waals surface area contributed by atoms with Gasteiger partial charge in [0, 0.05) is 31.4 Å². The van der Waals surface area contributed by atoms with Crippen LogP contribution in [0.4, 0.5) is 8.78 Å². The highest BCUT2D eigenvalue weighted by atomic mass is 35.5. The summed E-state index contributed by atoms with van der Waals surface area (Å²) in [7, 11) is 0. The van der Waals surface area contributed by atoms with Crippen molar-refractivity contribution in [3.63, 3.8) is 0 Å². The Kier molecular flexibility index (Phi) is 3.63. The molecule has 1 aromatic heterocycles. The number of hydrogen-bond acceptors (Lipinski definition) is 2. The van der Waals surface area contributed by atoms with Crippen LogP contribution in [0.1, 0.15) is 22.6 Å². The fourth-order valence-corrected chi connectivity index (χ4v) is 2.68. The van der Waals surface area contributed by atoms with Crippen molar-refractivity contribution < 1.29 is 13.6 Å². The van der Waals surface area contributed by atoms with Gasteiger partial charge in [0.25, 0.3) is 5.91 Å². The molecule has 0 saturated heterocycles. The second-order valence-corrected chi connectivity index (χ2v) is 5.36. The zero-order valence-electron chi connectivity index (χ0n) is 10.9. The highest BCUT2D eigenvalue weighted by Crippen LogP contribution is 2.21. The van der Waals surface area contributed by atoms with E-state index < -0.39 is 17.5 Å². The normalized spacial score (nSPS) is 17.4. The van der Waals surface area contributed by atoms with Gasteiger partial charge in [0.2, 0.25) is 0 Å². The van der Waals surface area contributed by atoms with Crippen molar-refractivity contribution in [2.24, 2.45) is 0 Å². The van der Waals surface area contributed by atoms with Crippen LogP contribution in [0.2, 0.25) is 5.02 Å². The summed E-state index contributed by atoms with van der Waals surface area (Å²) in [6.45, 7) is 0.600. The number of hydrogen-bond donors (Lipinski definition) is 1. The molecule has 0 fully saturated rings. The van der Waals surface area contributed by atoms with E-state index in [-0.39, 0.29) is 16.6 Å². The van der Waals surface area contributed by atoms with Gasteiger partial charge in [-0.3, -0.25) is 4.79 Å². The van der Waals surface area contributed by atoms with Crippen molar-refractivity contribution in [1.82, 2.24) is 14.9 Å². The van der Waals surface area contributed by atoms with Crippen LogP contribution in [0, 0.1) is 11.6 Å². The predicted molar refractivity (Wildman–Crippen MR) is 73.2 cm³/mol. The van der Waals surface area contributed by atoms with Crippen LogP contribution < -0.4 is 5.32 Å². The van der Waals surface area contributed by atoms with Gasteiger partial charge in [-0.15, -0.1) is 0 Å². The first-order valence-electron chi connectivity index (χ1n) is 6.50. The molecule has 1 amide bonds. The molecule has 0 aliphatic carbocycles. The van der Waals surface area contributed by atoms with Crippen LogP contribution in [0.5, 0.6) is 0 Å². The Balaban J connectivity index is 1.74. The van der Waals surface area contributed by atoms with E-state index in [1.165, 1.54) is 0 Å². The molecular weight excluding hydrogens is 300 g/mol. The smallest absolute Gasteiger partial charge is 0.253 e. The summed E-state index contributed by atoms with van der Waals surface area (Å²) in [4.78, 5) is 16.3. The molecule has 3 rings (SSSR count). The monoisotopic (exact) mass is 311 g/mol. The molecular formula is C14H12ClF2N3O. The van der Waals surface area contributed by atoms with E-state index in [0.717, 1.165) is 30.8 Å². The van der Waals surface area contributed by atoms with Crippen LogP contribution in [0.25, 0.3) is 0 Å². The third-order valence-corrected chi connectivity index (χ3v) is 3.84. The lowest BCUT2D eigenvalue weighted by Gasteiger charge is -2.24. The number of aryl methyl sites for hydroxylation is 1. The standard InChI is InChI=1S/C14H12ClF2N3O/c15-10-6-12(17)11(16)5-9(10)14(21)19-8-1-2-13-18-3-4-20(13)7-8/h3-6,8H,1-2,7H2,(H,19,21). The van der Waals surface area contributed by atoms with Crippen LogP contribution in [0.3, 0.4) is 0 Å². The van der Waals surface area contributed by atoms with Gasteiger partial charge < -0.3 is 9.88 Å². The second-order valence-electron chi connectivity index (χ2n) is 4.95. The van der Waals surface area contributed by atoms with Gasteiger partial charge in [0.05, 0.1) is 10.6 Å². The van der Waals surface area contributed by atoms with Gasteiger partial charge in [-0.1, -0.05) is 11.6 Å². The lowest BCUT2D eigenvalue weighted by atomic mass is 10.1. The summed E-state index contributed by atoms with van der Waals surface area (Å²) in [5.41, 5.74) is -0.0630. The van der Waals surface area contributed by atoms with Gasteiger partial charge in [-0.25, -0.2) is 13.8 Å². The number of imidazole rings is 1. The van der Waals surface area contributed by atoms with Crippen molar-refractivity contribution in [2.75, 3.05) is 0 Å². The Hall–Kier alpha value is -1.95. The van der Waals surface area contributed by atoms with E-state index in [4.69, 9.17) is 11.6 Å². The number of rotatable bonds is 2. The Morgan fingerprint density at radius 2 is 2.14 bits per heavy atom. The van der Waals surface area contributed by atoms with Crippen LogP contribution >= 0.6 is 11.6 Å². The molecule has 1 aromatic carbocycles. The van der Waals surface area contributed by atoms with Gasteiger partial charge in [0.1, 0.15) is 5.82 Å². The van der Waals surface area contributed by atoms with E-state index in [1.54, 1.807) is 6.20 Å². The molecule has 7 heteroatoms. The number of fused-ring (bicyclic) bond motifs is 1. The van der Waals surface area contributed by atoms with Crippen molar-refractivity contribution >= 4 is 17.5 Å². The quantitative estimate of drug-likeness (QED) is 0.867. The maximum absolute atomic E-state index is 13.2. The van der Waals surface area contributed by atoms with E-state index in [1.807, 2.05) is 10.8 Å². The zero-order chi connectivity index (χ0) is 15.0. The molecule has 4 nitrogen and oxygen atoms in total. The van der Waals surface area contributed by atoms with Gasteiger partial charge in [0.15, 0.2) is 11.6 Å². The molecule has 21 heavy (non-hydrogen) atoms. The molecule has 0 bridgehead atoms. The third-order valence-electron chi connectivity index (χ3n) is 3.53. The molecule has 1 aliphatic heterocycles. The summed E-state index contributed by atoms with van der Waals surface area (Å²) >= 11 is 5.79. The number of nitrogens with zero attached hydrogens (tertiary/aromatic N) is 2. The molecule has 1 unspecified atom stereocenters. The first-order valence-corrected chi connectivity index (χ1v) is 6.88. The minimum Gasteiger partial charge on any atom is -0.347 e. The van der Waals surface area contributed by atoms with Gasteiger partial charge in [-0.05, 0) is 18.6 Å². The first-order chi connectivity index (χ1) is 10.0. The molecule has 110 valence electrons. The summed E-state index contributed by atoms with van der Waals surface area (Å²) in [6.07, 6.45) is 5.05. The Bertz CT molecular complexity index is 702. The largest absolute Gasteiger partial charge is 0.347 e. The van der Waals surface area contributed by atoms with Crippen molar-refractivity contribution in [3.05, 3.63) is 52.6 Å². The van der Waals surface area contributed by atoms with Crippen molar-refractivity contribution in [3.8, 4) is 0 Å². The second kappa shape index (κ2) is 5.44. The maximum Gasteiger partial charge on any atom is 0.253 e. The average molecular weight is 312 g/mol. The Morgan fingerprint density at radius 3 is 2.95 bits per heavy atom. The molecule has 0 radical (unpaired) electrons. The van der Waals surface area contributed by atoms with Crippen molar-refractivity contribution in [2.45, 2.75) is 25.4 Å². The number of nitrogens with one attached hydrogen (secondary N) is 1. The van der Waals surface area contributed by atoms with Gasteiger partial charge in [-0.2, -0.15) is 0 Å². The molecule has 0 spiro atoms. The molecule has 2 heterocycles. The Labute approximate surface area is 124 Å². The average Bonchev–Trinajstić information content (AvgIpc) is 2.90. The molecule has 1 atom stereocenters. The van der Waals surface area contributed by atoms with Crippen LogP contribution in [-0.4, -0.2) is 21.5 Å². The SMILES string of the molecule is O=C(NC1CCc2nccn2C1)c1cc(F)c(F)cc1Cl. The van der Waals surface area contributed by atoms with E-state index in [2.05, 4.69) is 10.3 Å². The van der Waals surface area contributed by atoms with Gasteiger partial charge >= 0.3 is 0 Å². The highest BCUT2D eigenvalue weighted by molar-refractivity contribution is 6.33. The number of aromatic nitrogens is 2. The van der Waals surface area contributed by atoms with E-state index >= 15 is 0 Å². The van der Waals surface area contributed by atoms with E-state index in [0.29, 0.717) is 6.54 Å². The molecule has 0 saturated carbocycles. The van der Waals surface area contributed by atoms with E-state index in [9.17, 15) is 13.6 Å². The predicted octanol–water partition coefficient (Wildman–Crippen LogP) is 2.56. The molecule has 2 aromatic rings. The number of carbonyl (C=O) groups excluding carboxylic acids is 1. The molecule has 1 aliphatic rings. The lowest BCUT2D eigenvalue weighted by molar-refractivity contribution is 0.0927. The van der Waals surface area contributed by atoms with Crippen molar-refractivity contribution in [1.29, 1.82) is 0 Å². The first kappa shape index (κ1) is 14.0. The summed E-state index contributed by atoms with van der Waals surface area (Å²) in [6, 6.07) is 1.53. The maximum atomic E-state index is 13.2. The fourth-order valence-electron chi connectivity index (χ4n) is 2.44. The summed E-state index contributed by atoms with van der Waals surface area (Å²) in [5.74, 6) is -1.69. The zero-order valence-corrected chi connectivity index (χ0v) is 11.7. The third kappa shape index (κ3) is 2.76. The van der Waals surface area contributed by atoms with Crippen LogP contribution in [0.15, 0.2) is 24.5 Å². The lowest BCUT2D eigenvalue weighted by Crippen LogP contribution is -2.41. The highest BCUT2D eigenvalue weighted by Gasteiger charge is 2.22. The summed E-state index contributed by atoms with van der Waals surface area (Å²) < 4.78 is 28.2. The number of amides is 1. The topological polar surface area (TPSA) is 46.9 Å².